The fourth-order valence-corrected chi connectivity index (χ4v) is 3.53. The third kappa shape index (κ3) is 6.10. The number of nitrogens with one attached hydrogen (secondary N) is 2. The van der Waals surface area contributed by atoms with Crippen LogP contribution in [0, 0.1) is 47.4 Å². The summed E-state index contributed by atoms with van der Waals surface area (Å²) < 4.78 is 5.52. The Bertz CT molecular complexity index is 1590. The van der Waals surface area contributed by atoms with Crippen LogP contribution in [0.15, 0.2) is 48.5 Å². The van der Waals surface area contributed by atoms with Crippen LogP contribution in [0.2, 0.25) is 0 Å². The first-order chi connectivity index (χ1) is 18.8. The zero-order valence-corrected chi connectivity index (χ0v) is 20.6. The number of rotatable bonds is 10. The van der Waals surface area contributed by atoms with Gasteiger partial charge in [-0.25, -0.2) is 0 Å². The molecule has 3 aromatic rings. The summed E-state index contributed by atoms with van der Waals surface area (Å²) in [6.07, 6.45) is 0. The first-order valence-corrected chi connectivity index (χ1v) is 11.1. The number of nitro benzene ring substituents is 4. The first kappa shape index (κ1) is 28.6. The van der Waals surface area contributed by atoms with Crippen LogP contribution in [0.25, 0.3) is 0 Å². The van der Waals surface area contributed by atoms with Crippen LogP contribution in [0.1, 0.15) is 33.2 Å². The van der Waals surface area contributed by atoms with E-state index in [0.717, 1.165) is 24.3 Å². The molecule has 0 aromatic heterocycles. The van der Waals surface area contributed by atoms with Crippen molar-refractivity contribution in [1.29, 1.82) is 0 Å². The maximum atomic E-state index is 12.9. The highest BCUT2D eigenvalue weighted by Crippen LogP contribution is 2.34. The molecule has 2 N–H and O–H groups in total. The van der Waals surface area contributed by atoms with Crippen LogP contribution in [0.5, 0.6) is 5.75 Å². The van der Waals surface area contributed by atoms with Crippen molar-refractivity contribution in [3.05, 3.63) is 106 Å². The van der Waals surface area contributed by atoms with Crippen molar-refractivity contribution < 1.29 is 34.0 Å². The maximum absolute atomic E-state index is 12.9. The summed E-state index contributed by atoms with van der Waals surface area (Å²) in [5.74, 6) is -1.91. The molecule has 0 bridgehead atoms. The molecule has 0 radical (unpaired) electrons. The van der Waals surface area contributed by atoms with E-state index in [1.807, 2.05) is 0 Å². The van der Waals surface area contributed by atoms with Gasteiger partial charge in [0.05, 0.1) is 44.1 Å². The van der Waals surface area contributed by atoms with Gasteiger partial charge in [-0.15, -0.1) is 0 Å². The van der Waals surface area contributed by atoms with Gasteiger partial charge in [-0.2, -0.15) is 0 Å². The number of non-ortho nitro benzene ring substituents is 2. The van der Waals surface area contributed by atoms with E-state index in [0.29, 0.717) is 17.7 Å². The van der Waals surface area contributed by atoms with Gasteiger partial charge in [-0.05, 0) is 37.6 Å². The van der Waals surface area contributed by atoms with E-state index in [1.54, 1.807) is 6.92 Å². The summed E-state index contributed by atoms with van der Waals surface area (Å²) in [5.41, 5.74) is -3.17. The molecule has 0 aliphatic carbocycles. The maximum Gasteiger partial charge on any atom is 0.289 e. The number of hydrogen-bond acceptors (Lipinski definition) is 11. The molecule has 0 spiro atoms. The minimum atomic E-state index is -0.972. The number of carbonyl (C=O) groups excluding carboxylic acids is 2. The van der Waals surface area contributed by atoms with Gasteiger partial charge < -0.3 is 15.4 Å². The van der Waals surface area contributed by atoms with Gasteiger partial charge in [0.2, 0.25) is 0 Å². The van der Waals surface area contributed by atoms with Crippen LogP contribution in [-0.2, 0) is 0 Å². The van der Waals surface area contributed by atoms with Crippen molar-refractivity contribution >= 4 is 45.9 Å². The third-order valence-corrected chi connectivity index (χ3v) is 5.39. The summed E-state index contributed by atoms with van der Waals surface area (Å²) in [6.45, 7) is 3.22. The number of nitrogens with zero attached hydrogens (tertiary/aromatic N) is 4. The Balaban J connectivity index is 1.96. The molecular formula is C23H18N6O11. The van der Waals surface area contributed by atoms with Crippen molar-refractivity contribution in [2.45, 2.75) is 13.8 Å². The number of carbonyl (C=O) groups is 2. The molecule has 206 valence electrons. The van der Waals surface area contributed by atoms with Gasteiger partial charge in [-0.1, -0.05) is 0 Å². The molecule has 17 nitrogen and oxygen atoms in total. The van der Waals surface area contributed by atoms with E-state index in [2.05, 4.69) is 10.6 Å². The van der Waals surface area contributed by atoms with E-state index in [-0.39, 0.29) is 23.7 Å². The fraction of sp³-hybridized carbons (Fsp3) is 0.130. The zero-order chi connectivity index (χ0) is 29.7. The summed E-state index contributed by atoms with van der Waals surface area (Å²) in [6, 6.07) is 7.72. The van der Waals surface area contributed by atoms with Crippen LogP contribution in [0.3, 0.4) is 0 Å². The first-order valence-electron chi connectivity index (χ1n) is 11.1. The number of benzene rings is 3. The minimum Gasteiger partial charge on any atom is -0.492 e. The largest absolute Gasteiger partial charge is 0.492 e. The van der Waals surface area contributed by atoms with Crippen molar-refractivity contribution in [2.75, 3.05) is 17.2 Å². The Labute approximate surface area is 223 Å². The van der Waals surface area contributed by atoms with Gasteiger partial charge in [0.1, 0.15) is 16.9 Å². The number of amides is 2. The Kier molecular flexibility index (Phi) is 8.28. The molecule has 3 aromatic carbocycles. The molecular weight excluding hydrogens is 536 g/mol. The van der Waals surface area contributed by atoms with Gasteiger partial charge in [0, 0.05) is 23.9 Å². The summed E-state index contributed by atoms with van der Waals surface area (Å²) in [5, 5.41) is 49.7. The average molecular weight is 554 g/mol. The Hall–Kier alpha value is -6.00. The van der Waals surface area contributed by atoms with Crippen LogP contribution >= 0.6 is 0 Å². The van der Waals surface area contributed by atoms with E-state index in [9.17, 15) is 50.0 Å². The molecule has 0 atom stereocenters. The van der Waals surface area contributed by atoms with Crippen LogP contribution < -0.4 is 15.4 Å². The lowest BCUT2D eigenvalue weighted by molar-refractivity contribution is -0.394. The SMILES string of the molecule is CCOc1cc(NC(=O)c2ccc([N+](=O)[O-])cc2[N+](=O)[O-])c(C)cc1NC(=O)c1ccc([N+](=O)[O-])cc1[N+](=O)[O-]. The second kappa shape index (κ2) is 11.6. The number of ether oxygens (including phenoxy) is 1. The predicted molar refractivity (Wildman–Crippen MR) is 138 cm³/mol. The van der Waals surface area contributed by atoms with Gasteiger partial charge >= 0.3 is 0 Å². The molecule has 0 saturated carbocycles. The Morgan fingerprint density at radius 2 is 1.15 bits per heavy atom. The highest BCUT2D eigenvalue weighted by molar-refractivity contribution is 6.09. The fourth-order valence-electron chi connectivity index (χ4n) is 3.53. The lowest BCUT2D eigenvalue weighted by Gasteiger charge is -2.16. The highest BCUT2D eigenvalue weighted by Gasteiger charge is 2.27. The molecule has 40 heavy (non-hydrogen) atoms. The lowest BCUT2D eigenvalue weighted by atomic mass is 10.1. The monoisotopic (exact) mass is 554 g/mol. The molecule has 17 heteroatoms. The zero-order valence-electron chi connectivity index (χ0n) is 20.6. The number of nitro groups is 4. The third-order valence-electron chi connectivity index (χ3n) is 5.39. The highest BCUT2D eigenvalue weighted by atomic mass is 16.6. The summed E-state index contributed by atoms with van der Waals surface area (Å²) in [4.78, 5) is 67.0. The standard InChI is InChI=1S/C23H18N6O11/c1-3-40-21-11-17(24-22(30)15-6-4-13(26(32)33)9-19(15)28(36)37)12(2)8-18(21)25-23(31)16-7-5-14(27(34)35)10-20(16)29(38)39/h4-11H,3H2,1-2H3,(H,24,30)(H,25,31). The molecule has 0 fully saturated rings. The normalized spacial score (nSPS) is 10.3. The van der Waals surface area contributed by atoms with Crippen molar-refractivity contribution in [1.82, 2.24) is 0 Å². The molecule has 0 unspecified atom stereocenters. The minimum absolute atomic E-state index is 0.0134. The second-order valence-electron chi connectivity index (χ2n) is 7.94. The van der Waals surface area contributed by atoms with Crippen LogP contribution in [-0.4, -0.2) is 38.1 Å². The number of hydrogen-bond donors (Lipinski definition) is 2. The van der Waals surface area contributed by atoms with E-state index in [4.69, 9.17) is 4.74 Å². The van der Waals surface area contributed by atoms with E-state index < -0.39 is 65.4 Å². The van der Waals surface area contributed by atoms with E-state index >= 15 is 0 Å². The second-order valence-corrected chi connectivity index (χ2v) is 7.94. The Morgan fingerprint density at radius 3 is 1.55 bits per heavy atom. The van der Waals surface area contributed by atoms with Crippen molar-refractivity contribution in [3.8, 4) is 5.75 Å². The van der Waals surface area contributed by atoms with E-state index in [1.165, 1.54) is 19.1 Å². The van der Waals surface area contributed by atoms with Gasteiger partial charge in [0.25, 0.3) is 34.6 Å². The molecule has 0 saturated heterocycles. The smallest absolute Gasteiger partial charge is 0.289 e. The summed E-state index contributed by atoms with van der Waals surface area (Å²) >= 11 is 0. The molecule has 0 heterocycles. The molecule has 0 aliphatic rings. The Morgan fingerprint density at radius 1 is 0.700 bits per heavy atom. The topological polar surface area (TPSA) is 240 Å². The summed E-state index contributed by atoms with van der Waals surface area (Å²) in [7, 11) is 0. The van der Waals surface area contributed by atoms with Crippen molar-refractivity contribution in [3.63, 3.8) is 0 Å². The van der Waals surface area contributed by atoms with Gasteiger partial charge in [0.15, 0.2) is 0 Å². The quantitative estimate of drug-likeness (QED) is 0.260. The molecule has 3 rings (SSSR count). The predicted octanol–water partition coefficient (Wildman–Crippen LogP) is 4.53. The van der Waals surface area contributed by atoms with Crippen LogP contribution in [0.4, 0.5) is 34.1 Å². The number of anilines is 2. The van der Waals surface area contributed by atoms with Gasteiger partial charge in [-0.3, -0.25) is 50.0 Å². The molecule has 0 aliphatic heterocycles. The molecule has 2 amide bonds. The lowest BCUT2D eigenvalue weighted by Crippen LogP contribution is -2.17. The number of aryl methyl sites for hydroxylation is 1. The average Bonchev–Trinajstić information content (AvgIpc) is 2.90. The van der Waals surface area contributed by atoms with Crippen molar-refractivity contribution in [2.24, 2.45) is 0 Å².